The third-order valence-electron chi connectivity index (χ3n) is 4.39. The zero-order valence-electron chi connectivity index (χ0n) is 18.2. The summed E-state index contributed by atoms with van der Waals surface area (Å²) in [4.78, 5) is 26.0. The van der Waals surface area contributed by atoms with Gasteiger partial charge in [0.05, 0.1) is 36.4 Å². The monoisotopic (exact) mass is 445 g/mol. The number of amides is 1. The minimum Gasteiger partial charge on any atom is -0.490 e. The number of halogens is 2. The lowest BCUT2D eigenvalue weighted by atomic mass is 10.1. The van der Waals surface area contributed by atoms with Gasteiger partial charge in [-0.1, -0.05) is 11.6 Å². The van der Waals surface area contributed by atoms with Crippen LogP contribution < -0.4 is 4.74 Å². The van der Waals surface area contributed by atoms with Gasteiger partial charge in [-0.25, -0.2) is 14.0 Å². The van der Waals surface area contributed by atoms with Crippen molar-refractivity contribution in [2.24, 2.45) is 0 Å². The Morgan fingerprint density at radius 1 is 1.33 bits per heavy atom. The molecule has 1 aromatic rings. The van der Waals surface area contributed by atoms with Gasteiger partial charge >= 0.3 is 12.1 Å². The largest absolute Gasteiger partial charge is 0.490 e. The van der Waals surface area contributed by atoms with E-state index >= 15 is 0 Å². The molecule has 30 heavy (non-hydrogen) atoms. The fourth-order valence-electron chi connectivity index (χ4n) is 3.09. The lowest BCUT2D eigenvalue weighted by Gasteiger charge is -2.35. The first-order valence-electron chi connectivity index (χ1n) is 9.81. The molecule has 1 aliphatic rings. The molecule has 9 heteroatoms. The van der Waals surface area contributed by atoms with E-state index in [9.17, 15) is 14.0 Å². The third kappa shape index (κ3) is 5.98. The van der Waals surface area contributed by atoms with Crippen molar-refractivity contribution >= 4 is 23.7 Å². The fraction of sp³-hybridized carbons (Fsp3) is 0.619. The molecular formula is C21H29ClFNO6. The van der Waals surface area contributed by atoms with Crippen molar-refractivity contribution in [2.45, 2.75) is 65.3 Å². The van der Waals surface area contributed by atoms with Crippen molar-refractivity contribution in [1.29, 1.82) is 0 Å². The molecule has 1 aromatic carbocycles. The Balaban J connectivity index is 2.04. The maximum atomic E-state index is 14.3. The number of ether oxygens (including phenoxy) is 4. The Morgan fingerprint density at radius 3 is 2.60 bits per heavy atom. The lowest BCUT2D eigenvalue weighted by Crippen LogP contribution is -2.50. The molecule has 0 bridgehead atoms. The van der Waals surface area contributed by atoms with E-state index in [1.807, 2.05) is 0 Å². The maximum Gasteiger partial charge on any atom is 0.412 e. The molecule has 0 saturated carbocycles. The Labute approximate surface area is 181 Å². The molecule has 1 amide bonds. The van der Waals surface area contributed by atoms with E-state index in [-0.39, 0.29) is 35.6 Å². The number of hydrogen-bond donors (Lipinski definition) is 0. The number of carbonyl (C=O) groups excluding carboxylic acids is 2. The summed E-state index contributed by atoms with van der Waals surface area (Å²) >= 11 is 6.06. The summed E-state index contributed by atoms with van der Waals surface area (Å²) in [6.45, 7) is 11.2. The van der Waals surface area contributed by atoms with Gasteiger partial charge in [-0.3, -0.25) is 4.90 Å². The van der Waals surface area contributed by atoms with Crippen LogP contribution in [0.1, 0.15) is 58.3 Å². The van der Waals surface area contributed by atoms with Crippen LogP contribution in [0.3, 0.4) is 0 Å². The lowest BCUT2D eigenvalue weighted by molar-refractivity contribution is -0.0629. The van der Waals surface area contributed by atoms with E-state index in [2.05, 4.69) is 0 Å². The standard InChI is InChI=1S/C21H29ClFNO6/c1-7-27-18(25)14-10-16(23)17(11-15(14)22)28-9-8-13-12-29-21(5,6)24(13)19(26)30-20(2,3)4/h10-11,13H,7-9,12H2,1-6H3/t13-/m1/s1. The van der Waals surface area contributed by atoms with Crippen LogP contribution in [0, 0.1) is 5.82 Å². The molecule has 1 heterocycles. The number of rotatable bonds is 6. The fourth-order valence-corrected chi connectivity index (χ4v) is 3.32. The van der Waals surface area contributed by atoms with Crippen LogP contribution in [0.2, 0.25) is 5.02 Å². The van der Waals surface area contributed by atoms with E-state index < -0.39 is 29.2 Å². The summed E-state index contributed by atoms with van der Waals surface area (Å²) in [6, 6.07) is 1.93. The van der Waals surface area contributed by atoms with Gasteiger partial charge < -0.3 is 18.9 Å². The molecule has 0 spiro atoms. The smallest absolute Gasteiger partial charge is 0.412 e. The molecule has 1 atom stereocenters. The minimum atomic E-state index is -0.831. The second-order valence-electron chi connectivity index (χ2n) is 8.38. The van der Waals surface area contributed by atoms with Crippen LogP contribution in [0.5, 0.6) is 5.75 Å². The predicted molar refractivity (Wildman–Crippen MR) is 109 cm³/mol. The Bertz CT molecular complexity index is 792. The van der Waals surface area contributed by atoms with Gasteiger partial charge in [0.2, 0.25) is 0 Å². The van der Waals surface area contributed by atoms with Gasteiger partial charge in [-0.2, -0.15) is 0 Å². The maximum absolute atomic E-state index is 14.3. The second-order valence-corrected chi connectivity index (χ2v) is 8.79. The molecule has 0 unspecified atom stereocenters. The van der Waals surface area contributed by atoms with Crippen LogP contribution in [0.4, 0.5) is 9.18 Å². The van der Waals surface area contributed by atoms with Crippen LogP contribution in [-0.4, -0.2) is 54.2 Å². The average Bonchev–Trinajstić information content (AvgIpc) is 2.90. The van der Waals surface area contributed by atoms with Crippen LogP contribution in [-0.2, 0) is 14.2 Å². The average molecular weight is 446 g/mol. The zero-order chi connectivity index (χ0) is 22.7. The summed E-state index contributed by atoms with van der Waals surface area (Å²) in [5.74, 6) is -1.52. The first-order valence-corrected chi connectivity index (χ1v) is 10.2. The first-order chi connectivity index (χ1) is 13.9. The number of nitrogens with zero attached hydrogens (tertiary/aromatic N) is 1. The Morgan fingerprint density at radius 2 is 2.00 bits per heavy atom. The number of carbonyl (C=O) groups is 2. The highest BCUT2D eigenvalue weighted by atomic mass is 35.5. The van der Waals surface area contributed by atoms with Gasteiger partial charge in [0.25, 0.3) is 0 Å². The summed E-state index contributed by atoms with van der Waals surface area (Å²) in [6.07, 6.45) is -0.0951. The van der Waals surface area contributed by atoms with E-state index in [0.717, 1.165) is 6.07 Å². The first kappa shape index (κ1) is 24.2. The number of benzene rings is 1. The summed E-state index contributed by atoms with van der Waals surface area (Å²) in [5.41, 5.74) is -1.54. The normalized spacial score (nSPS) is 18.3. The highest BCUT2D eigenvalue weighted by Gasteiger charge is 2.45. The second kappa shape index (κ2) is 9.39. The summed E-state index contributed by atoms with van der Waals surface area (Å²) in [5, 5.41) is 0.0329. The van der Waals surface area contributed by atoms with Crippen molar-refractivity contribution in [3.05, 3.63) is 28.5 Å². The molecule has 1 fully saturated rings. The van der Waals surface area contributed by atoms with Crippen molar-refractivity contribution in [3.63, 3.8) is 0 Å². The molecule has 168 valence electrons. The molecule has 1 aliphatic heterocycles. The predicted octanol–water partition coefficient (Wildman–Crippen LogP) is 4.80. The van der Waals surface area contributed by atoms with Crippen LogP contribution in [0.25, 0.3) is 0 Å². The van der Waals surface area contributed by atoms with Crippen molar-refractivity contribution in [1.82, 2.24) is 4.90 Å². The Kier molecular flexibility index (Phi) is 7.58. The van der Waals surface area contributed by atoms with Gasteiger partial charge in [0.15, 0.2) is 11.6 Å². The molecule has 2 rings (SSSR count). The van der Waals surface area contributed by atoms with Crippen molar-refractivity contribution in [3.8, 4) is 5.75 Å². The van der Waals surface area contributed by atoms with E-state index in [1.165, 1.54) is 11.0 Å². The van der Waals surface area contributed by atoms with Gasteiger partial charge in [-0.15, -0.1) is 0 Å². The number of hydrogen-bond acceptors (Lipinski definition) is 6. The molecule has 7 nitrogen and oxygen atoms in total. The topological polar surface area (TPSA) is 74.3 Å². The quantitative estimate of drug-likeness (QED) is 0.586. The minimum absolute atomic E-state index is 0.0329. The SMILES string of the molecule is CCOC(=O)c1cc(F)c(OCC[C@@H]2COC(C)(C)N2C(=O)OC(C)(C)C)cc1Cl. The Hall–Kier alpha value is -2.06. The van der Waals surface area contributed by atoms with Crippen molar-refractivity contribution in [2.75, 3.05) is 19.8 Å². The molecule has 0 radical (unpaired) electrons. The zero-order valence-corrected chi connectivity index (χ0v) is 19.0. The van der Waals surface area contributed by atoms with Crippen molar-refractivity contribution < 1.29 is 32.9 Å². The molecule has 0 aliphatic carbocycles. The molecule has 1 saturated heterocycles. The van der Waals surface area contributed by atoms with E-state index in [0.29, 0.717) is 13.0 Å². The summed E-state index contributed by atoms with van der Waals surface area (Å²) in [7, 11) is 0. The van der Waals surface area contributed by atoms with E-state index in [1.54, 1.807) is 41.5 Å². The van der Waals surface area contributed by atoms with E-state index in [4.69, 9.17) is 30.5 Å². The van der Waals surface area contributed by atoms with Crippen LogP contribution >= 0.6 is 11.6 Å². The van der Waals surface area contributed by atoms with Gasteiger partial charge in [-0.05, 0) is 47.6 Å². The highest BCUT2D eigenvalue weighted by molar-refractivity contribution is 6.33. The third-order valence-corrected chi connectivity index (χ3v) is 4.70. The van der Waals surface area contributed by atoms with Crippen LogP contribution in [0.15, 0.2) is 12.1 Å². The van der Waals surface area contributed by atoms with Gasteiger partial charge in [0, 0.05) is 12.5 Å². The summed E-state index contributed by atoms with van der Waals surface area (Å²) < 4.78 is 35.9. The molecule has 0 aromatic heterocycles. The highest BCUT2D eigenvalue weighted by Crippen LogP contribution is 2.32. The number of esters is 1. The molecule has 0 N–H and O–H groups in total. The molecular weight excluding hydrogens is 417 g/mol. The van der Waals surface area contributed by atoms with Gasteiger partial charge in [0.1, 0.15) is 11.3 Å².